The number of nitrogens with one attached hydrogen (secondary N) is 2. The molecular weight excluding hydrogens is 680 g/mol. The van der Waals surface area contributed by atoms with Gasteiger partial charge in [0.25, 0.3) is 11.1 Å². The highest BCUT2D eigenvalue weighted by atomic mass is 32.5. The van der Waals surface area contributed by atoms with Gasteiger partial charge in [0.1, 0.15) is 24.9 Å². The van der Waals surface area contributed by atoms with Crippen LogP contribution in [0.2, 0.25) is 0 Å². The number of aliphatic hydroxyl groups excluding tert-OH is 2. The lowest BCUT2D eigenvalue weighted by Gasteiger charge is -2.16. The van der Waals surface area contributed by atoms with E-state index in [4.69, 9.17) is 34.5 Å². The molecule has 2 unspecified atom stereocenters. The minimum atomic E-state index is -4.11. The van der Waals surface area contributed by atoms with Crippen molar-refractivity contribution in [2.45, 2.75) is 49.4 Å². The van der Waals surface area contributed by atoms with Crippen LogP contribution in [0, 0.1) is 4.91 Å². The van der Waals surface area contributed by atoms with Crippen LogP contribution in [0.4, 0.5) is 11.9 Å². The highest BCUT2D eigenvalue weighted by Crippen LogP contribution is 2.46. The highest BCUT2D eigenvalue weighted by molar-refractivity contribution is 8.08. The SMILES string of the molecule is Nc1nc2c(ncn2[C@@H]2O[C@H](COP(O)(=S)N=O)[C@@H](O[P+](=O)OC[C@@H]3C[C@@H](O)[C@H](n4cnc5c(=O)[nH]c(N)nc54)O3)[C@H]2O)c(=O)[nH]1. The van der Waals surface area contributed by atoms with Crippen LogP contribution in [0.15, 0.2) is 27.2 Å². The fraction of sp³-hybridized carbons (Fsp3) is 0.500. The van der Waals surface area contributed by atoms with Crippen molar-refractivity contribution in [1.82, 2.24) is 39.0 Å². The van der Waals surface area contributed by atoms with E-state index in [0.29, 0.717) is 0 Å². The van der Waals surface area contributed by atoms with Crippen LogP contribution in [0.3, 0.4) is 0 Å². The van der Waals surface area contributed by atoms with Crippen molar-refractivity contribution in [3.63, 3.8) is 0 Å². The van der Waals surface area contributed by atoms with Crippen LogP contribution in [-0.4, -0.2) is 97.9 Å². The molecule has 26 heteroatoms. The molecule has 2 aliphatic heterocycles. The first-order valence-corrected chi connectivity index (χ1v) is 16.8. The Labute approximate surface area is 260 Å². The number of hydrogen-bond donors (Lipinski definition) is 7. The topological polar surface area (TPSA) is 333 Å². The molecule has 6 heterocycles. The number of H-pyrrole nitrogens is 2. The number of hydrogen-bond acceptors (Lipinski definition) is 18. The van der Waals surface area contributed by atoms with Crippen LogP contribution < -0.4 is 22.6 Å². The molecule has 0 amide bonds. The monoisotopic (exact) mass is 704 g/mol. The molecule has 2 saturated heterocycles. The van der Waals surface area contributed by atoms with Gasteiger partial charge in [-0.15, -0.1) is 14.0 Å². The predicted molar refractivity (Wildman–Crippen MR) is 156 cm³/mol. The van der Waals surface area contributed by atoms with Gasteiger partial charge in [-0.3, -0.25) is 28.7 Å². The maximum Gasteiger partial charge on any atom is 0.697 e. The summed E-state index contributed by atoms with van der Waals surface area (Å²) in [5.74, 6) is -0.410. The van der Waals surface area contributed by atoms with Crippen molar-refractivity contribution >= 4 is 60.9 Å². The number of aromatic nitrogens is 8. The first-order valence-electron chi connectivity index (χ1n) is 13.1. The maximum absolute atomic E-state index is 12.9. The molecule has 9 atom stereocenters. The number of nitrogens with zero attached hydrogens (tertiary/aromatic N) is 7. The number of nitrogens with two attached hydrogens (primary N) is 2. The zero-order chi connectivity index (χ0) is 32.9. The van der Waals surface area contributed by atoms with Gasteiger partial charge in [-0.25, -0.2) is 9.97 Å². The Hall–Kier alpha value is -3.67. The molecule has 0 saturated carbocycles. The van der Waals surface area contributed by atoms with E-state index in [1.54, 1.807) is 0 Å². The second-order valence-electron chi connectivity index (χ2n) is 10.0. The summed E-state index contributed by atoms with van der Waals surface area (Å²) in [5.41, 5.74) is 9.90. The molecule has 9 N–H and O–H groups in total. The predicted octanol–water partition coefficient (Wildman–Crippen LogP) is -1.62. The van der Waals surface area contributed by atoms with Crippen LogP contribution >= 0.6 is 14.9 Å². The molecule has 0 aromatic carbocycles. The van der Waals surface area contributed by atoms with Crippen molar-refractivity contribution in [2.75, 3.05) is 24.7 Å². The van der Waals surface area contributed by atoms with E-state index >= 15 is 0 Å². The lowest BCUT2D eigenvalue weighted by Crippen LogP contribution is -2.35. The zero-order valence-corrected chi connectivity index (χ0v) is 25.5. The largest absolute Gasteiger partial charge is 0.697 e. The molecule has 0 aliphatic carbocycles. The Kier molecular flexibility index (Phi) is 8.77. The number of imidazole rings is 2. The molecule has 6 rings (SSSR count). The average Bonchev–Trinajstić information content (AvgIpc) is 3.76. The van der Waals surface area contributed by atoms with E-state index in [-0.39, 0.29) is 47.3 Å². The fourth-order valence-electron chi connectivity index (χ4n) is 5.03. The van der Waals surface area contributed by atoms with E-state index in [9.17, 15) is 34.2 Å². The first kappa shape index (κ1) is 32.3. The molecule has 4 aromatic rings. The average molecular weight is 704 g/mol. The molecule has 0 radical (unpaired) electrons. The van der Waals surface area contributed by atoms with E-state index in [2.05, 4.69) is 46.7 Å². The van der Waals surface area contributed by atoms with Crippen LogP contribution in [0.25, 0.3) is 22.3 Å². The van der Waals surface area contributed by atoms with Crippen molar-refractivity contribution in [2.24, 2.45) is 4.95 Å². The Morgan fingerprint density at radius 1 is 1.04 bits per heavy atom. The maximum atomic E-state index is 12.9. The Bertz CT molecular complexity index is 1980. The smallest absolute Gasteiger partial charge is 0.388 e. The summed E-state index contributed by atoms with van der Waals surface area (Å²) < 4.78 is 42.9. The van der Waals surface area contributed by atoms with Gasteiger partial charge in [0.2, 0.25) is 11.9 Å². The van der Waals surface area contributed by atoms with Gasteiger partial charge in [-0.2, -0.15) is 9.97 Å². The number of nitrogen functional groups attached to an aromatic ring is 2. The Morgan fingerprint density at radius 3 is 2.22 bits per heavy atom. The Balaban J connectivity index is 1.15. The van der Waals surface area contributed by atoms with E-state index < -0.39 is 75.6 Å². The molecule has 2 fully saturated rings. The Morgan fingerprint density at radius 2 is 1.63 bits per heavy atom. The molecular formula is C20H24N11O12P2S+. The molecule has 0 bridgehead atoms. The fourth-order valence-corrected chi connectivity index (χ4v) is 6.41. The second-order valence-corrected chi connectivity index (χ2v) is 13.8. The van der Waals surface area contributed by atoms with Crippen molar-refractivity contribution in [1.29, 1.82) is 0 Å². The van der Waals surface area contributed by atoms with Gasteiger partial charge in [0.05, 0.1) is 25.4 Å². The summed E-state index contributed by atoms with van der Waals surface area (Å²) in [5, 5.41) is 21.8. The molecule has 46 heavy (non-hydrogen) atoms. The summed E-state index contributed by atoms with van der Waals surface area (Å²) in [6, 6.07) is 0. The minimum Gasteiger partial charge on any atom is -0.388 e. The third kappa shape index (κ3) is 6.20. The third-order valence-corrected chi connectivity index (χ3v) is 8.99. The van der Waals surface area contributed by atoms with Crippen molar-refractivity contribution in [3.8, 4) is 0 Å². The number of fused-ring (bicyclic) bond motifs is 2. The zero-order valence-electron chi connectivity index (χ0n) is 22.9. The van der Waals surface area contributed by atoms with Gasteiger partial charge in [-0.05, 0) is 11.8 Å². The highest BCUT2D eigenvalue weighted by Gasteiger charge is 2.52. The quantitative estimate of drug-likeness (QED) is 0.0681. The van der Waals surface area contributed by atoms with Crippen LogP contribution in [-0.2, 0) is 39.4 Å². The van der Waals surface area contributed by atoms with Gasteiger partial charge in [0, 0.05) is 15.9 Å². The summed E-state index contributed by atoms with van der Waals surface area (Å²) >= 11 is 4.61. The first-order chi connectivity index (χ1) is 21.8. The number of rotatable bonds is 11. The number of anilines is 2. The minimum absolute atomic E-state index is 0.0165. The van der Waals surface area contributed by atoms with E-state index in [1.807, 2.05) is 0 Å². The summed E-state index contributed by atoms with van der Waals surface area (Å²) in [6.07, 6.45) is -6.35. The molecule has 2 aliphatic rings. The molecule has 23 nitrogen and oxygen atoms in total. The number of nitroso groups, excluding NO2 is 1. The van der Waals surface area contributed by atoms with E-state index in [0.717, 1.165) is 6.33 Å². The molecule has 0 spiro atoms. The number of ether oxygens (including phenoxy) is 2. The van der Waals surface area contributed by atoms with Gasteiger partial charge in [0.15, 0.2) is 40.9 Å². The summed E-state index contributed by atoms with van der Waals surface area (Å²) in [7, 11) is -3.02. The van der Waals surface area contributed by atoms with Gasteiger partial charge in [-0.1, -0.05) is 0 Å². The van der Waals surface area contributed by atoms with Gasteiger partial charge >= 0.3 is 14.9 Å². The van der Waals surface area contributed by atoms with Crippen LogP contribution in [0.1, 0.15) is 18.9 Å². The second kappa shape index (κ2) is 12.5. The molecule has 4 aromatic heterocycles. The van der Waals surface area contributed by atoms with Crippen molar-refractivity contribution in [3.05, 3.63) is 38.3 Å². The standard InChI is InChI=1S/C20H23N11O12P2S/c21-19-25-13-9(15(34)27-19)23-4-30(13)17-7(32)1-6(41-17)2-39-44(37)43-12-8(3-40-45(38,46)29-36)42-18(11(12)33)31-5-24-10-14(31)26-20(22)28-16(10)35/h4-8,11-12,17-18,32-33H,1-3H2,(H6-,21,22,25,26,27,28,34,35,38,46)/p+1/t6-,7+,8+,11+,12+,17+,18+,45?/m0/s1. The number of aromatic amines is 2. The summed E-state index contributed by atoms with van der Waals surface area (Å²) in [6.45, 7) is -5.10. The lowest BCUT2D eigenvalue weighted by molar-refractivity contribution is -0.0496. The third-order valence-electron chi connectivity index (χ3n) is 7.01. The summed E-state index contributed by atoms with van der Waals surface area (Å²) in [4.78, 5) is 68.0. The van der Waals surface area contributed by atoms with E-state index in [1.165, 1.54) is 15.5 Å². The lowest BCUT2D eigenvalue weighted by atomic mass is 10.1. The normalized spacial score (nSPS) is 28.2. The molecule has 246 valence electrons. The van der Waals surface area contributed by atoms with Crippen LogP contribution in [0.5, 0.6) is 0 Å². The van der Waals surface area contributed by atoms with Crippen molar-refractivity contribution < 1.29 is 42.7 Å². The number of aliphatic hydroxyl groups is 2. The van der Waals surface area contributed by atoms with Gasteiger partial charge < -0.3 is 40.6 Å².